The molecular formula is C35H38BrN3O6S. The molecule has 4 aromatic rings. The molecule has 0 aromatic heterocycles. The lowest BCUT2D eigenvalue weighted by atomic mass is 10.0. The second-order valence-corrected chi connectivity index (χ2v) is 13.7. The Morgan fingerprint density at radius 3 is 2.09 bits per heavy atom. The minimum Gasteiger partial charge on any atom is -0.497 e. The van der Waals surface area contributed by atoms with Crippen molar-refractivity contribution in [2.45, 2.75) is 43.8 Å². The van der Waals surface area contributed by atoms with Crippen molar-refractivity contribution < 1.29 is 27.5 Å². The molecule has 46 heavy (non-hydrogen) atoms. The number of hydrogen-bond donors (Lipinski definition) is 1. The van der Waals surface area contributed by atoms with Crippen LogP contribution in [0.3, 0.4) is 0 Å². The third kappa shape index (κ3) is 8.67. The van der Waals surface area contributed by atoms with Crippen LogP contribution >= 0.6 is 15.9 Å². The van der Waals surface area contributed by atoms with E-state index < -0.39 is 28.5 Å². The lowest BCUT2D eigenvalue weighted by molar-refractivity contribution is -0.140. The molecule has 0 aliphatic rings. The normalized spacial score (nSPS) is 11.9. The molecule has 0 fully saturated rings. The van der Waals surface area contributed by atoms with E-state index in [-0.39, 0.29) is 41.2 Å². The van der Waals surface area contributed by atoms with E-state index in [1.807, 2.05) is 68.4 Å². The average Bonchev–Trinajstić information content (AvgIpc) is 3.05. The first-order valence-corrected chi connectivity index (χ1v) is 16.9. The van der Waals surface area contributed by atoms with Gasteiger partial charge in [0.1, 0.15) is 24.1 Å². The molecule has 0 aliphatic carbocycles. The van der Waals surface area contributed by atoms with Gasteiger partial charge in [0.25, 0.3) is 10.0 Å². The van der Waals surface area contributed by atoms with Gasteiger partial charge in [-0.05, 0) is 61.4 Å². The molecule has 0 saturated heterocycles. The van der Waals surface area contributed by atoms with Crippen molar-refractivity contribution in [3.63, 3.8) is 0 Å². The zero-order valence-corrected chi connectivity index (χ0v) is 28.6. The van der Waals surface area contributed by atoms with Crippen LogP contribution in [0.25, 0.3) is 0 Å². The molecule has 0 heterocycles. The van der Waals surface area contributed by atoms with E-state index in [9.17, 15) is 18.0 Å². The Kier molecular flexibility index (Phi) is 11.8. The van der Waals surface area contributed by atoms with Gasteiger partial charge in [-0.3, -0.25) is 13.9 Å². The van der Waals surface area contributed by atoms with E-state index in [1.54, 1.807) is 30.3 Å². The Morgan fingerprint density at radius 1 is 0.826 bits per heavy atom. The zero-order chi connectivity index (χ0) is 33.3. The summed E-state index contributed by atoms with van der Waals surface area (Å²) in [6, 6.07) is 28.3. The Bertz CT molecular complexity index is 1740. The number of carbonyl (C=O) groups is 2. The number of halogens is 1. The zero-order valence-electron chi connectivity index (χ0n) is 26.2. The number of sulfonamides is 1. The van der Waals surface area contributed by atoms with E-state index >= 15 is 0 Å². The van der Waals surface area contributed by atoms with Gasteiger partial charge in [-0.25, -0.2) is 8.42 Å². The molecule has 4 rings (SSSR count). The van der Waals surface area contributed by atoms with Crippen LogP contribution in [0.4, 0.5) is 5.69 Å². The van der Waals surface area contributed by atoms with E-state index in [2.05, 4.69) is 21.2 Å². The van der Waals surface area contributed by atoms with Crippen LogP contribution in [0.5, 0.6) is 11.5 Å². The highest BCUT2D eigenvalue weighted by molar-refractivity contribution is 9.10. The molecule has 1 N–H and O–H groups in total. The second kappa shape index (κ2) is 15.8. The second-order valence-electron chi connectivity index (χ2n) is 10.9. The van der Waals surface area contributed by atoms with Gasteiger partial charge in [0, 0.05) is 29.5 Å². The molecule has 242 valence electrons. The largest absolute Gasteiger partial charge is 0.497 e. The predicted molar refractivity (Wildman–Crippen MR) is 182 cm³/mol. The van der Waals surface area contributed by atoms with Crippen LogP contribution in [0.1, 0.15) is 25.0 Å². The molecule has 0 saturated carbocycles. The molecule has 1 atom stereocenters. The topological polar surface area (TPSA) is 105 Å². The fourth-order valence-electron chi connectivity index (χ4n) is 4.99. The van der Waals surface area contributed by atoms with Crippen molar-refractivity contribution in [3.05, 3.63) is 119 Å². The highest BCUT2D eigenvalue weighted by Crippen LogP contribution is 2.36. The summed E-state index contributed by atoms with van der Waals surface area (Å²) < 4.78 is 41.3. The summed E-state index contributed by atoms with van der Waals surface area (Å²) in [5.74, 6) is -0.325. The van der Waals surface area contributed by atoms with Gasteiger partial charge >= 0.3 is 0 Å². The minimum atomic E-state index is -4.30. The lowest BCUT2D eigenvalue weighted by Gasteiger charge is -2.34. The number of methoxy groups -OCH3 is 2. The van der Waals surface area contributed by atoms with E-state index in [0.29, 0.717) is 5.75 Å². The Morgan fingerprint density at radius 2 is 1.48 bits per heavy atom. The van der Waals surface area contributed by atoms with Gasteiger partial charge in [-0.15, -0.1) is 0 Å². The summed E-state index contributed by atoms with van der Waals surface area (Å²) in [4.78, 5) is 29.9. The van der Waals surface area contributed by atoms with Crippen molar-refractivity contribution in [2.75, 3.05) is 25.1 Å². The van der Waals surface area contributed by atoms with E-state index in [1.165, 1.54) is 37.3 Å². The number of benzene rings is 4. The fourth-order valence-corrected chi connectivity index (χ4v) is 6.88. The number of rotatable bonds is 14. The summed E-state index contributed by atoms with van der Waals surface area (Å²) in [5, 5.41) is 2.96. The highest BCUT2D eigenvalue weighted by atomic mass is 79.9. The Hall–Kier alpha value is -4.35. The van der Waals surface area contributed by atoms with Crippen LogP contribution in [-0.4, -0.2) is 58.0 Å². The predicted octanol–water partition coefficient (Wildman–Crippen LogP) is 5.83. The first-order chi connectivity index (χ1) is 22.0. The molecular weight excluding hydrogens is 670 g/mol. The van der Waals surface area contributed by atoms with Crippen molar-refractivity contribution >= 4 is 43.5 Å². The van der Waals surface area contributed by atoms with Crippen LogP contribution in [0, 0.1) is 0 Å². The minimum absolute atomic E-state index is 0.00963. The first kappa shape index (κ1) is 34.5. The SMILES string of the molecule is COc1ccc(OC)c(N(CC(=O)N(Cc2cccc(Br)c2)C(Cc2ccccc2)C(=O)NC(C)C)S(=O)(=O)c2ccccc2)c1. The first-order valence-electron chi connectivity index (χ1n) is 14.7. The van der Waals surface area contributed by atoms with Gasteiger partial charge in [-0.1, -0.05) is 76.6 Å². The van der Waals surface area contributed by atoms with Gasteiger partial charge in [0.15, 0.2) is 0 Å². The number of nitrogens with one attached hydrogen (secondary N) is 1. The number of hydrogen-bond acceptors (Lipinski definition) is 6. The monoisotopic (exact) mass is 707 g/mol. The third-order valence-corrected chi connectivity index (χ3v) is 9.48. The van der Waals surface area contributed by atoms with Crippen molar-refractivity contribution in [1.82, 2.24) is 10.2 Å². The van der Waals surface area contributed by atoms with Crippen LogP contribution in [-0.2, 0) is 32.6 Å². The maximum Gasteiger partial charge on any atom is 0.264 e. The summed E-state index contributed by atoms with van der Waals surface area (Å²) in [5.41, 5.74) is 1.73. The maximum absolute atomic E-state index is 14.6. The molecule has 9 nitrogen and oxygen atoms in total. The molecule has 0 aliphatic heterocycles. The highest BCUT2D eigenvalue weighted by Gasteiger charge is 2.36. The lowest BCUT2D eigenvalue weighted by Crippen LogP contribution is -2.54. The summed E-state index contributed by atoms with van der Waals surface area (Å²) >= 11 is 3.50. The molecule has 0 radical (unpaired) electrons. The number of amides is 2. The standard InChI is InChI=1S/C35H38BrN3O6S/c1-25(2)37-35(41)32(21-26-12-7-5-8-13-26)38(23-27-14-11-15-28(36)20-27)34(40)24-39(46(42,43)30-16-9-6-10-17-30)31-22-29(44-3)18-19-33(31)45-4/h5-20,22,25,32H,21,23-24H2,1-4H3,(H,37,41). The summed E-state index contributed by atoms with van der Waals surface area (Å²) in [7, 11) is -1.41. The third-order valence-electron chi connectivity index (χ3n) is 7.21. The molecule has 4 aromatic carbocycles. The average molecular weight is 709 g/mol. The number of anilines is 1. The maximum atomic E-state index is 14.6. The van der Waals surface area contributed by atoms with Gasteiger partial charge in [0.05, 0.1) is 24.8 Å². The Balaban J connectivity index is 1.86. The van der Waals surface area contributed by atoms with Crippen LogP contribution in [0.2, 0.25) is 0 Å². The van der Waals surface area contributed by atoms with E-state index in [4.69, 9.17) is 9.47 Å². The number of nitrogens with zero attached hydrogens (tertiary/aromatic N) is 2. The quantitative estimate of drug-likeness (QED) is 0.177. The molecule has 0 bridgehead atoms. The van der Waals surface area contributed by atoms with E-state index in [0.717, 1.165) is 19.9 Å². The number of carbonyl (C=O) groups excluding carboxylic acids is 2. The van der Waals surface area contributed by atoms with Crippen molar-refractivity contribution in [3.8, 4) is 11.5 Å². The number of ether oxygens (including phenoxy) is 2. The fraction of sp³-hybridized carbons (Fsp3) is 0.257. The van der Waals surface area contributed by atoms with Gasteiger partial charge < -0.3 is 19.7 Å². The van der Waals surface area contributed by atoms with Crippen LogP contribution < -0.4 is 19.1 Å². The molecule has 0 spiro atoms. The Labute approximate surface area is 279 Å². The van der Waals surface area contributed by atoms with Crippen molar-refractivity contribution in [2.24, 2.45) is 0 Å². The van der Waals surface area contributed by atoms with Crippen molar-refractivity contribution in [1.29, 1.82) is 0 Å². The molecule has 2 amide bonds. The molecule has 1 unspecified atom stereocenters. The van der Waals surface area contributed by atoms with Gasteiger partial charge in [0.2, 0.25) is 11.8 Å². The summed E-state index contributed by atoms with van der Waals surface area (Å²) in [6.45, 7) is 3.13. The van der Waals surface area contributed by atoms with Crippen LogP contribution in [0.15, 0.2) is 112 Å². The molecule has 11 heteroatoms. The van der Waals surface area contributed by atoms with Gasteiger partial charge in [-0.2, -0.15) is 0 Å². The summed E-state index contributed by atoms with van der Waals surface area (Å²) in [6.07, 6.45) is 0.215. The smallest absolute Gasteiger partial charge is 0.264 e.